The first kappa shape index (κ1) is 18.3. The van der Waals surface area contributed by atoms with Crippen LogP contribution in [0.4, 0.5) is 17.3 Å². The number of nitrogens with zero attached hydrogens (tertiary/aromatic N) is 2. The predicted molar refractivity (Wildman–Crippen MR) is 101 cm³/mol. The molecule has 0 saturated heterocycles. The first-order chi connectivity index (χ1) is 12.4. The van der Waals surface area contributed by atoms with Crippen molar-refractivity contribution in [1.29, 1.82) is 0 Å². The maximum absolute atomic E-state index is 12.6. The summed E-state index contributed by atoms with van der Waals surface area (Å²) in [6, 6.07) is 7.92. The van der Waals surface area contributed by atoms with E-state index in [-0.39, 0.29) is 24.1 Å². The second kappa shape index (κ2) is 7.39. The van der Waals surface area contributed by atoms with Crippen molar-refractivity contribution in [3.8, 4) is 5.75 Å². The largest absolute Gasteiger partial charge is 0.477 e. The minimum atomic E-state index is -0.685. The van der Waals surface area contributed by atoms with Gasteiger partial charge in [-0.15, -0.1) is 0 Å². The van der Waals surface area contributed by atoms with Gasteiger partial charge >= 0.3 is 0 Å². The molecule has 2 amide bonds. The molecule has 3 N–H and O–H groups in total. The summed E-state index contributed by atoms with van der Waals surface area (Å²) in [5.41, 5.74) is 6.07. The molecule has 26 heavy (non-hydrogen) atoms. The van der Waals surface area contributed by atoms with Crippen molar-refractivity contribution in [3.63, 3.8) is 0 Å². The summed E-state index contributed by atoms with van der Waals surface area (Å²) >= 11 is 12.0. The zero-order valence-electron chi connectivity index (χ0n) is 13.8. The zero-order chi connectivity index (χ0) is 18.8. The fraction of sp³-hybridized carbons (Fsp3) is 0.235. The van der Waals surface area contributed by atoms with Crippen LogP contribution in [0, 0.1) is 0 Å². The molecule has 0 saturated carbocycles. The number of ether oxygens (including phenoxy) is 1. The normalized spacial score (nSPS) is 16.0. The highest BCUT2D eigenvalue weighted by Gasteiger charge is 2.35. The molecule has 0 fully saturated rings. The first-order valence-electron chi connectivity index (χ1n) is 7.88. The van der Waals surface area contributed by atoms with E-state index in [0.29, 0.717) is 27.9 Å². The van der Waals surface area contributed by atoms with Crippen molar-refractivity contribution in [2.24, 2.45) is 0 Å². The molecule has 0 aliphatic carbocycles. The number of carbonyl (C=O) groups is 2. The summed E-state index contributed by atoms with van der Waals surface area (Å²) in [5, 5.41) is 3.41. The summed E-state index contributed by atoms with van der Waals surface area (Å²) in [5.74, 6) is 0.0320. The topological polar surface area (TPSA) is 97.6 Å². The Morgan fingerprint density at radius 2 is 2.12 bits per heavy atom. The van der Waals surface area contributed by atoms with Crippen molar-refractivity contribution in [2.45, 2.75) is 19.4 Å². The van der Waals surface area contributed by atoms with Gasteiger partial charge in [0.15, 0.2) is 17.7 Å². The summed E-state index contributed by atoms with van der Waals surface area (Å²) in [7, 11) is 0. The van der Waals surface area contributed by atoms with Gasteiger partial charge in [-0.1, -0.05) is 30.1 Å². The van der Waals surface area contributed by atoms with E-state index < -0.39 is 12.0 Å². The Balaban J connectivity index is 1.85. The molecule has 1 atom stereocenters. The highest BCUT2D eigenvalue weighted by molar-refractivity contribution is 6.35. The fourth-order valence-electron chi connectivity index (χ4n) is 2.55. The number of pyridine rings is 1. The standard InChI is InChI=1S/C17H16Cl2N4O3/c1-2-12-17(25)23(16-13(26-12)5-6-14(20)22-16)8-15(24)21-11-7-9(18)3-4-10(11)19/h3-7,12H,2,8H2,1H3,(H2,20,22)(H,21,24). The Morgan fingerprint density at radius 3 is 2.85 bits per heavy atom. The van der Waals surface area contributed by atoms with Crippen molar-refractivity contribution in [2.75, 3.05) is 22.5 Å². The lowest BCUT2D eigenvalue weighted by atomic mass is 10.2. The molecule has 136 valence electrons. The highest BCUT2D eigenvalue weighted by Crippen LogP contribution is 2.34. The van der Waals surface area contributed by atoms with E-state index in [1.165, 1.54) is 11.0 Å². The van der Waals surface area contributed by atoms with Gasteiger partial charge < -0.3 is 15.8 Å². The molecule has 1 aliphatic heterocycles. The monoisotopic (exact) mass is 394 g/mol. The minimum Gasteiger partial charge on any atom is -0.477 e. The Bertz CT molecular complexity index is 875. The van der Waals surface area contributed by atoms with Gasteiger partial charge in [0, 0.05) is 5.02 Å². The third-order valence-corrected chi connectivity index (χ3v) is 4.37. The molecule has 1 aromatic carbocycles. The SMILES string of the molecule is CCC1Oc2ccc(N)nc2N(CC(=O)Nc2cc(Cl)ccc2Cl)C1=O. The lowest BCUT2D eigenvalue weighted by molar-refractivity contribution is -0.128. The number of anilines is 3. The van der Waals surface area contributed by atoms with Crippen LogP contribution in [0.25, 0.3) is 0 Å². The number of fused-ring (bicyclic) bond motifs is 1. The smallest absolute Gasteiger partial charge is 0.269 e. The van der Waals surface area contributed by atoms with Crippen LogP contribution in [0.1, 0.15) is 13.3 Å². The zero-order valence-corrected chi connectivity index (χ0v) is 15.3. The number of benzene rings is 1. The Morgan fingerprint density at radius 1 is 1.35 bits per heavy atom. The van der Waals surface area contributed by atoms with Crippen LogP contribution in [-0.2, 0) is 9.59 Å². The summed E-state index contributed by atoms with van der Waals surface area (Å²) < 4.78 is 5.63. The highest BCUT2D eigenvalue weighted by atomic mass is 35.5. The molecule has 0 radical (unpaired) electrons. The molecule has 0 spiro atoms. The number of nitrogens with one attached hydrogen (secondary N) is 1. The third kappa shape index (κ3) is 3.68. The molecule has 3 rings (SSSR count). The molecule has 9 heteroatoms. The van der Waals surface area contributed by atoms with Gasteiger partial charge in [-0.3, -0.25) is 14.5 Å². The molecule has 1 aromatic heterocycles. The molecule has 2 heterocycles. The van der Waals surface area contributed by atoms with Crippen molar-refractivity contribution in [3.05, 3.63) is 40.4 Å². The molecular formula is C17H16Cl2N4O3. The number of nitrogens with two attached hydrogens (primary N) is 1. The van der Waals surface area contributed by atoms with E-state index in [9.17, 15) is 9.59 Å². The Hall–Kier alpha value is -2.51. The summed E-state index contributed by atoms with van der Waals surface area (Å²) in [6.45, 7) is 1.56. The second-order valence-corrected chi connectivity index (χ2v) is 6.51. The Kier molecular flexibility index (Phi) is 5.20. The van der Waals surface area contributed by atoms with E-state index in [1.807, 2.05) is 6.92 Å². The van der Waals surface area contributed by atoms with Crippen molar-refractivity contribution >= 4 is 52.3 Å². The average molecular weight is 395 g/mol. The lowest BCUT2D eigenvalue weighted by Crippen LogP contribution is -2.49. The van der Waals surface area contributed by atoms with Gasteiger partial charge in [-0.05, 0) is 36.8 Å². The van der Waals surface area contributed by atoms with Crippen LogP contribution in [-0.4, -0.2) is 29.4 Å². The van der Waals surface area contributed by atoms with Gasteiger partial charge in [0.1, 0.15) is 12.4 Å². The number of rotatable bonds is 4. The van der Waals surface area contributed by atoms with Crippen LogP contribution in [0.5, 0.6) is 5.75 Å². The Labute approximate surface area is 160 Å². The van der Waals surface area contributed by atoms with Crippen LogP contribution < -0.4 is 20.7 Å². The number of carbonyl (C=O) groups excluding carboxylic acids is 2. The van der Waals surface area contributed by atoms with Gasteiger partial charge in [-0.2, -0.15) is 0 Å². The molecule has 7 nitrogen and oxygen atoms in total. The summed E-state index contributed by atoms with van der Waals surface area (Å²) in [6.07, 6.45) is -0.226. The van der Waals surface area contributed by atoms with Gasteiger partial charge in [0.25, 0.3) is 5.91 Å². The predicted octanol–water partition coefficient (Wildman–Crippen LogP) is 3.11. The number of halogens is 2. The van der Waals surface area contributed by atoms with Crippen molar-refractivity contribution in [1.82, 2.24) is 4.98 Å². The van der Waals surface area contributed by atoms with Crippen LogP contribution in [0.15, 0.2) is 30.3 Å². The molecular weight excluding hydrogens is 379 g/mol. The van der Waals surface area contributed by atoms with Crippen LogP contribution >= 0.6 is 23.2 Å². The van der Waals surface area contributed by atoms with E-state index in [2.05, 4.69) is 10.3 Å². The average Bonchev–Trinajstić information content (AvgIpc) is 2.60. The van der Waals surface area contributed by atoms with Gasteiger partial charge in [-0.25, -0.2) is 4.98 Å². The number of amides is 2. The van der Waals surface area contributed by atoms with E-state index >= 15 is 0 Å². The fourth-order valence-corrected chi connectivity index (χ4v) is 2.89. The van der Waals surface area contributed by atoms with Gasteiger partial charge in [0.2, 0.25) is 5.91 Å². The van der Waals surface area contributed by atoms with E-state index in [1.54, 1.807) is 24.3 Å². The first-order valence-corrected chi connectivity index (χ1v) is 8.64. The minimum absolute atomic E-state index is 0.215. The van der Waals surface area contributed by atoms with E-state index in [0.717, 1.165) is 0 Å². The number of aromatic nitrogens is 1. The van der Waals surface area contributed by atoms with E-state index in [4.69, 9.17) is 33.7 Å². The number of hydrogen-bond acceptors (Lipinski definition) is 5. The number of nitrogen functional groups attached to an aromatic ring is 1. The summed E-state index contributed by atoms with van der Waals surface area (Å²) in [4.78, 5) is 30.5. The number of hydrogen-bond donors (Lipinski definition) is 2. The maximum Gasteiger partial charge on any atom is 0.269 e. The second-order valence-electron chi connectivity index (χ2n) is 5.67. The molecule has 0 bridgehead atoms. The van der Waals surface area contributed by atoms with Crippen LogP contribution in [0.2, 0.25) is 10.0 Å². The molecule has 1 unspecified atom stereocenters. The van der Waals surface area contributed by atoms with Gasteiger partial charge in [0.05, 0.1) is 10.7 Å². The lowest BCUT2D eigenvalue weighted by Gasteiger charge is -2.32. The quantitative estimate of drug-likeness (QED) is 0.829. The molecule has 1 aliphatic rings. The van der Waals surface area contributed by atoms with Crippen LogP contribution in [0.3, 0.4) is 0 Å². The van der Waals surface area contributed by atoms with Crippen molar-refractivity contribution < 1.29 is 14.3 Å². The third-order valence-electron chi connectivity index (χ3n) is 3.80. The molecule has 2 aromatic rings. The maximum atomic E-state index is 12.6.